The molecule has 2 N–H and O–H groups in total. The molecule has 0 unspecified atom stereocenters. The van der Waals surface area contributed by atoms with Crippen LogP contribution in [0.2, 0.25) is 0 Å². The van der Waals surface area contributed by atoms with E-state index in [0.29, 0.717) is 6.54 Å². The summed E-state index contributed by atoms with van der Waals surface area (Å²) in [6.07, 6.45) is 8.76. The van der Waals surface area contributed by atoms with Crippen LogP contribution in [0.4, 0.5) is 0 Å². The lowest BCUT2D eigenvalue weighted by molar-refractivity contribution is -0.125. The molecule has 108 valence electrons. The largest absolute Gasteiger partial charge is 0.351 e. The summed E-state index contributed by atoms with van der Waals surface area (Å²) in [6, 6.07) is 3.97. The summed E-state index contributed by atoms with van der Waals surface area (Å²) in [5.41, 5.74) is 2.21. The van der Waals surface area contributed by atoms with E-state index in [4.69, 9.17) is 0 Å². The smallest absolute Gasteiger partial charge is 0.231 e. The second-order valence-corrected chi connectivity index (χ2v) is 5.54. The molecule has 0 atom stereocenters. The van der Waals surface area contributed by atoms with Gasteiger partial charge in [-0.15, -0.1) is 0 Å². The third-order valence-electron chi connectivity index (χ3n) is 3.66. The Labute approximate surface area is 122 Å². The number of pyridine rings is 1. The van der Waals surface area contributed by atoms with Crippen molar-refractivity contribution in [3.63, 3.8) is 0 Å². The van der Waals surface area contributed by atoms with E-state index in [1.165, 1.54) is 0 Å². The number of hydrogen-bond acceptors (Lipinski definition) is 3. The fourth-order valence-corrected chi connectivity index (χ4v) is 2.19. The van der Waals surface area contributed by atoms with Crippen LogP contribution in [-0.4, -0.2) is 25.3 Å². The van der Waals surface area contributed by atoms with Crippen molar-refractivity contribution in [2.24, 2.45) is 0 Å². The Kier molecular flexibility index (Phi) is 3.21. The second kappa shape index (κ2) is 5.05. The molecule has 0 aliphatic rings. The summed E-state index contributed by atoms with van der Waals surface area (Å²) in [5, 5.41) is 2.96. The summed E-state index contributed by atoms with van der Waals surface area (Å²) in [6.45, 7) is 4.22. The van der Waals surface area contributed by atoms with Gasteiger partial charge in [-0.05, 0) is 25.5 Å². The lowest BCUT2D eigenvalue weighted by atomic mass is 9.89. The SMILES string of the molecule is CC(C)(C(=O)NCc1ccc2cncn2c1)c1cnc[nH]1. The van der Waals surface area contributed by atoms with Crippen LogP contribution in [0.5, 0.6) is 0 Å². The Morgan fingerprint density at radius 1 is 1.33 bits per heavy atom. The number of carbonyl (C=O) groups is 1. The Morgan fingerprint density at radius 3 is 2.95 bits per heavy atom. The number of rotatable bonds is 4. The summed E-state index contributed by atoms with van der Waals surface area (Å²) in [5.74, 6) is -0.0440. The highest BCUT2D eigenvalue weighted by Crippen LogP contribution is 2.20. The number of imidazole rings is 2. The molecule has 0 aliphatic heterocycles. The fraction of sp³-hybridized carbons (Fsp3) is 0.267. The minimum absolute atomic E-state index is 0.0440. The van der Waals surface area contributed by atoms with Crippen molar-refractivity contribution < 1.29 is 4.79 Å². The standard InChI is InChI=1S/C15H17N5O/c1-15(2,13-7-16-9-19-13)14(21)18-5-11-3-4-12-6-17-10-20(12)8-11/h3-4,6-10H,5H2,1-2H3,(H,16,19)(H,18,21). The van der Waals surface area contributed by atoms with Crippen molar-refractivity contribution >= 4 is 11.4 Å². The second-order valence-electron chi connectivity index (χ2n) is 5.54. The van der Waals surface area contributed by atoms with E-state index in [9.17, 15) is 4.79 Å². The van der Waals surface area contributed by atoms with Gasteiger partial charge in [0.25, 0.3) is 0 Å². The molecular formula is C15H17N5O. The summed E-state index contributed by atoms with van der Waals surface area (Å²) in [7, 11) is 0. The zero-order valence-electron chi connectivity index (χ0n) is 12.0. The molecule has 21 heavy (non-hydrogen) atoms. The summed E-state index contributed by atoms with van der Waals surface area (Å²) in [4.78, 5) is 23.4. The van der Waals surface area contributed by atoms with Gasteiger partial charge < -0.3 is 14.7 Å². The van der Waals surface area contributed by atoms with Gasteiger partial charge in [0.2, 0.25) is 5.91 Å². The first-order chi connectivity index (χ1) is 10.1. The number of H-pyrrole nitrogens is 1. The van der Waals surface area contributed by atoms with Gasteiger partial charge >= 0.3 is 0 Å². The Hall–Kier alpha value is -2.63. The maximum atomic E-state index is 12.4. The highest BCUT2D eigenvalue weighted by atomic mass is 16.2. The molecule has 0 radical (unpaired) electrons. The number of carbonyl (C=O) groups excluding carboxylic acids is 1. The number of aromatic amines is 1. The number of aromatic nitrogens is 4. The van der Waals surface area contributed by atoms with Crippen molar-refractivity contribution in [1.82, 2.24) is 24.7 Å². The molecule has 3 heterocycles. The van der Waals surface area contributed by atoms with Gasteiger partial charge in [0.15, 0.2) is 0 Å². The molecule has 6 nitrogen and oxygen atoms in total. The van der Waals surface area contributed by atoms with Gasteiger partial charge in [0.05, 0.1) is 29.8 Å². The molecule has 0 spiro atoms. The van der Waals surface area contributed by atoms with E-state index in [0.717, 1.165) is 16.8 Å². The lowest BCUT2D eigenvalue weighted by Gasteiger charge is -2.22. The first-order valence-corrected chi connectivity index (χ1v) is 6.75. The van der Waals surface area contributed by atoms with E-state index in [1.807, 2.05) is 36.6 Å². The number of fused-ring (bicyclic) bond motifs is 1. The van der Waals surface area contributed by atoms with Gasteiger partial charge in [0.1, 0.15) is 0 Å². The predicted molar refractivity (Wildman–Crippen MR) is 78.7 cm³/mol. The van der Waals surface area contributed by atoms with Crippen LogP contribution in [0.25, 0.3) is 5.52 Å². The Bertz CT molecular complexity index is 757. The van der Waals surface area contributed by atoms with Crippen LogP contribution in [0, 0.1) is 0 Å². The van der Waals surface area contributed by atoms with Crippen LogP contribution in [0.3, 0.4) is 0 Å². The van der Waals surface area contributed by atoms with Crippen molar-refractivity contribution in [3.05, 3.63) is 54.6 Å². The molecule has 0 bridgehead atoms. The van der Waals surface area contributed by atoms with Crippen molar-refractivity contribution in [2.45, 2.75) is 25.8 Å². The maximum absolute atomic E-state index is 12.4. The molecule has 0 saturated heterocycles. The van der Waals surface area contributed by atoms with Crippen LogP contribution in [0.15, 0.2) is 43.4 Å². The highest BCUT2D eigenvalue weighted by Gasteiger charge is 2.30. The number of amides is 1. The van der Waals surface area contributed by atoms with Gasteiger partial charge in [-0.2, -0.15) is 0 Å². The molecule has 3 aromatic rings. The van der Waals surface area contributed by atoms with E-state index in [2.05, 4.69) is 20.3 Å². The van der Waals surface area contributed by atoms with E-state index in [1.54, 1.807) is 25.0 Å². The zero-order valence-corrected chi connectivity index (χ0v) is 12.0. The molecule has 0 fully saturated rings. The Morgan fingerprint density at radius 2 is 2.19 bits per heavy atom. The monoisotopic (exact) mass is 283 g/mol. The van der Waals surface area contributed by atoms with Crippen LogP contribution in [-0.2, 0) is 16.8 Å². The van der Waals surface area contributed by atoms with Crippen molar-refractivity contribution in [3.8, 4) is 0 Å². The fourth-order valence-electron chi connectivity index (χ4n) is 2.19. The first kappa shape index (κ1) is 13.4. The number of nitrogens with zero attached hydrogens (tertiary/aromatic N) is 3. The quantitative estimate of drug-likeness (QED) is 0.764. The molecular weight excluding hydrogens is 266 g/mol. The molecule has 3 rings (SSSR count). The molecule has 6 heteroatoms. The van der Waals surface area contributed by atoms with Gasteiger partial charge in [-0.3, -0.25) is 4.79 Å². The van der Waals surface area contributed by atoms with Gasteiger partial charge in [-0.25, -0.2) is 9.97 Å². The normalized spacial score (nSPS) is 11.7. The van der Waals surface area contributed by atoms with Crippen molar-refractivity contribution in [1.29, 1.82) is 0 Å². The minimum Gasteiger partial charge on any atom is -0.351 e. The van der Waals surface area contributed by atoms with E-state index >= 15 is 0 Å². The topological polar surface area (TPSA) is 75.1 Å². The predicted octanol–water partition coefficient (Wildman–Crippen LogP) is 1.65. The zero-order chi connectivity index (χ0) is 14.9. The summed E-state index contributed by atoms with van der Waals surface area (Å²) < 4.78 is 1.93. The van der Waals surface area contributed by atoms with Crippen LogP contribution < -0.4 is 5.32 Å². The van der Waals surface area contributed by atoms with Gasteiger partial charge in [-0.1, -0.05) is 6.07 Å². The van der Waals surface area contributed by atoms with Crippen LogP contribution >= 0.6 is 0 Å². The average Bonchev–Trinajstić information content (AvgIpc) is 3.14. The summed E-state index contributed by atoms with van der Waals surface area (Å²) >= 11 is 0. The first-order valence-electron chi connectivity index (χ1n) is 6.75. The minimum atomic E-state index is -0.643. The molecule has 0 aliphatic carbocycles. The Balaban J connectivity index is 1.70. The molecule has 3 aromatic heterocycles. The number of nitrogens with one attached hydrogen (secondary N) is 2. The average molecular weight is 283 g/mol. The van der Waals surface area contributed by atoms with E-state index < -0.39 is 5.41 Å². The molecule has 0 saturated carbocycles. The third kappa shape index (κ3) is 2.52. The highest BCUT2D eigenvalue weighted by molar-refractivity contribution is 5.86. The van der Waals surface area contributed by atoms with E-state index in [-0.39, 0.29) is 5.91 Å². The lowest BCUT2D eigenvalue weighted by Crippen LogP contribution is -2.40. The van der Waals surface area contributed by atoms with Crippen LogP contribution in [0.1, 0.15) is 25.1 Å². The third-order valence-corrected chi connectivity index (χ3v) is 3.66. The maximum Gasteiger partial charge on any atom is 0.231 e. The van der Waals surface area contributed by atoms with Gasteiger partial charge in [0, 0.05) is 24.6 Å². The molecule has 1 amide bonds. The number of hydrogen-bond donors (Lipinski definition) is 2. The molecule has 0 aromatic carbocycles. The van der Waals surface area contributed by atoms with Crippen molar-refractivity contribution in [2.75, 3.05) is 0 Å².